The molecule has 2 fully saturated rings. The fourth-order valence-electron chi connectivity index (χ4n) is 3.72. The molecule has 1 saturated carbocycles. The molecule has 1 aromatic rings. The number of carbonyl (C=O) groups is 2. The molecule has 1 atom stereocenters. The summed E-state index contributed by atoms with van der Waals surface area (Å²) in [4.78, 5) is 26.9. The van der Waals surface area contributed by atoms with Crippen molar-refractivity contribution in [2.45, 2.75) is 64.0 Å². The van der Waals surface area contributed by atoms with Gasteiger partial charge in [0.05, 0.1) is 0 Å². The number of urea groups is 1. The highest BCUT2D eigenvalue weighted by atomic mass is 16.2. The minimum absolute atomic E-state index is 0.0793. The molecule has 0 radical (unpaired) electrons. The molecule has 2 aliphatic rings. The van der Waals surface area contributed by atoms with Gasteiger partial charge in [0.2, 0.25) is 5.91 Å². The van der Waals surface area contributed by atoms with E-state index in [9.17, 15) is 9.59 Å². The Balaban J connectivity index is 1.60. The summed E-state index contributed by atoms with van der Waals surface area (Å²) >= 11 is 0. The number of hydrogen-bond donors (Lipinski definition) is 2. The Bertz CT molecular complexity index is 596. The summed E-state index contributed by atoms with van der Waals surface area (Å²) in [5, 5.41) is 6.11. The van der Waals surface area contributed by atoms with Crippen LogP contribution in [0.2, 0.25) is 0 Å². The number of para-hydroxylation sites is 1. The lowest BCUT2D eigenvalue weighted by molar-refractivity contribution is -0.119. The number of benzene rings is 1. The van der Waals surface area contributed by atoms with E-state index >= 15 is 0 Å². The van der Waals surface area contributed by atoms with Crippen LogP contribution in [0.3, 0.4) is 0 Å². The predicted octanol–water partition coefficient (Wildman–Crippen LogP) is 3.44. The molecule has 1 aliphatic carbocycles. The lowest BCUT2D eigenvalue weighted by Crippen LogP contribution is -2.50. The van der Waals surface area contributed by atoms with Gasteiger partial charge in [0.1, 0.15) is 6.04 Å². The minimum Gasteiger partial charge on any atom is -0.335 e. The van der Waals surface area contributed by atoms with E-state index in [4.69, 9.17) is 0 Å². The first-order valence-electron chi connectivity index (χ1n) is 9.09. The molecule has 0 bridgehead atoms. The van der Waals surface area contributed by atoms with Crippen LogP contribution in [0.1, 0.15) is 50.5 Å². The summed E-state index contributed by atoms with van der Waals surface area (Å²) in [6, 6.07) is 7.55. The molecule has 130 valence electrons. The first-order valence-corrected chi connectivity index (χ1v) is 9.09. The molecule has 5 heteroatoms. The van der Waals surface area contributed by atoms with Crippen LogP contribution in [-0.2, 0) is 4.79 Å². The summed E-state index contributed by atoms with van der Waals surface area (Å²) in [7, 11) is 0. The molecule has 0 spiro atoms. The normalized spacial score (nSPS) is 21.5. The molecule has 0 unspecified atom stereocenters. The third-order valence-electron chi connectivity index (χ3n) is 5.15. The zero-order valence-electron chi connectivity index (χ0n) is 14.4. The van der Waals surface area contributed by atoms with E-state index in [1.165, 1.54) is 19.3 Å². The molecule has 1 aromatic carbocycles. The smallest absolute Gasteiger partial charge is 0.318 e. The van der Waals surface area contributed by atoms with Crippen LogP contribution in [0.5, 0.6) is 0 Å². The van der Waals surface area contributed by atoms with Gasteiger partial charge < -0.3 is 15.5 Å². The Morgan fingerprint density at radius 2 is 1.79 bits per heavy atom. The van der Waals surface area contributed by atoms with Gasteiger partial charge in [-0.15, -0.1) is 0 Å². The van der Waals surface area contributed by atoms with Crippen LogP contribution in [0, 0.1) is 6.92 Å². The number of rotatable bonds is 3. The van der Waals surface area contributed by atoms with Gasteiger partial charge in [-0.2, -0.15) is 0 Å². The molecule has 1 heterocycles. The number of amides is 3. The van der Waals surface area contributed by atoms with Crippen LogP contribution < -0.4 is 10.6 Å². The fourth-order valence-corrected chi connectivity index (χ4v) is 3.72. The number of carbonyl (C=O) groups excluding carboxylic acids is 2. The monoisotopic (exact) mass is 329 g/mol. The van der Waals surface area contributed by atoms with E-state index < -0.39 is 0 Å². The molecular formula is C19H27N3O2. The van der Waals surface area contributed by atoms with E-state index in [1.807, 2.05) is 31.2 Å². The lowest BCUT2D eigenvalue weighted by Gasteiger charge is -2.29. The van der Waals surface area contributed by atoms with Gasteiger partial charge in [0, 0.05) is 18.3 Å². The Morgan fingerprint density at radius 1 is 1.04 bits per heavy atom. The van der Waals surface area contributed by atoms with Gasteiger partial charge in [-0.05, 0) is 44.2 Å². The first kappa shape index (κ1) is 16.8. The highest BCUT2D eigenvalue weighted by Crippen LogP contribution is 2.22. The number of aryl methyl sites for hydroxylation is 1. The molecule has 3 amide bonds. The highest BCUT2D eigenvalue weighted by molar-refractivity contribution is 5.97. The minimum atomic E-state index is -0.367. The lowest BCUT2D eigenvalue weighted by atomic mass is 9.96. The average molecular weight is 329 g/mol. The molecule has 2 N–H and O–H groups in total. The van der Waals surface area contributed by atoms with E-state index in [0.29, 0.717) is 6.54 Å². The second-order valence-corrected chi connectivity index (χ2v) is 6.94. The quantitative estimate of drug-likeness (QED) is 0.892. The van der Waals surface area contributed by atoms with Crippen LogP contribution in [0.15, 0.2) is 24.3 Å². The molecule has 1 saturated heterocycles. The zero-order valence-corrected chi connectivity index (χ0v) is 14.4. The summed E-state index contributed by atoms with van der Waals surface area (Å²) in [5.41, 5.74) is 1.85. The molecular weight excluding hydrogens is 302 g/mol. The maximum atomic E-state index is 12.6. The number of likely N-dealkylation sites (tertiary alicyclic amines) is 1. The van der Waals surface area contributed by atoms with Gasteiger partial charge in [0.15, 0.2) is 0 Å². The second-order valence-electron chi connectivity index (χ2n) is 6.94. The molecule has 24 heavy (non-hydrogen) atoms. The fraction of sp³-hybridized carbons (Fsp3) is 0.579. The number of nitrogens with one attached hydrogen (secondary N) is 2. The van der Waals surface area contributed by atoms with E-state index in [1.54, 1.807) is 4.90 Å². The largest absolute Gasteiger partial charge is 0.335 e. The Morgan fingerprint density at radius 3 is 2.54 bits per heavy atom. The van der Waals surface area contributed by atoms with Gasteiger partial charge in [-0.3, -0.25) is 4.79 Å². The molecule has 3 rings (SSSR count). The van der Waals surface area contributed by atoms with Crippen molar-refractivity contribution in [2.24, 2.45) is 0 Å². The Kier molecular flexibility index (Phi) is 5.38. The van der Waals surface area contributed by atoms with Crippen molar-refractivity contribution in [3.05, 3.63) is 29.8 Å². The summed E-state index contributed by atoms with van der Waals surface area (Å²) in [5.74, 6) is -0.0828. The van der Waals surface area contributed by atoms with Crippen molar-refractivity contribution in [1.29, 1.82) is 0 Å². The first-order chi connectivity index (χ1) is 11.6. The zero-order chi connectivity index (χ0) is 16.9. The van der Waals surface area contributed by atoms with Crippen molar-refractivity contribution in [1.82, 2.24) is 10.2 Å². The summed E-state index contributed by atoms with van der Waals surface area (Å²) < 4.78 is 0. The standard InChI is InChI=1S/C19H27N3O2/c1-14-8-5-6-11-16(14)21-18(23)17-12-7-13-22(17)19(24)20-15-9-3-2-4-10-15/h5-6,8,11,15,17H,2-4,7,9-10,12-13H2,1H3,(H,20,24)(H,21,23)/t17-/m1/s1. The highest BCUT2D eigenvalue weighted by Gasteiger charge is 2.35. The van der Waals surface area contributed by atoms with Gasteiger partial charge in [0.25, 0.3) is 0 Å². The molecule has 1 aliphatic heterocycles. The van der Waals surface area contributed by atoms with Crippen molar-refractivity contribution >= 4 is 17.6 Å². The maximum Gasteiger partial charge on any atom is 0.318 e. The Labute approximate surface area is 143 Å². The summed E-state index contributed by atoms with van der Waals surface area (Å²) in [6.07, 6.45) is 7.35. The van der Waals surface area contributed by atoms with Crippen LogP contribution >= 0.6 is 0 Å². The Hall–Kier alpha value is -2.04. The van der Waals surface area contributed by atoms with Crippen LogP contribution in [-0.4, -0.2) is 35.5 Å². The van der Waals surface area contributed by atoms with Gasteiger partial charge >= 0.3 is 6.03 Å². The van der Waals surface area contributed by atoms with Crippen molar-refractivity contribution in [3.63, 3.8) is 0 Å². The predicted molar refractivity (Wildman–Crippen MR) is 94.9 cm³/mol. The van der Waals surface area contributed by atoms with Gasteiger partial charge in [-0.25, -0.2) is 4.79 Å². The number of nitrogens with zero attached hydrogens (tertiary/aromatic N) is 1. The molecule has 5 nitrogen and oxygen atoms in total. The third-order valence-corrected chi connectivity index (χ3v) is 5.15. The summed E-state index contributed by atoms with van der Waals surface area (Å²) in [6.45, 7) is 2.63. The van der Waals surface area contributed by atoms with Crippen LogP contribution in [0.25, 0.3) is 0 Å². The third kappa shape index (κ3) is 3.89. The van der Waals surface area contributed by atoms with Crippen molar-refractivity contribution in [2.75, 3.05) is 11.9 Å². The average Bonchev–Trinajstić information content (AvgIpc) is 3.08. The topological polar surface area (TPSA) is 61.4 Å². The second kappa shape index (κ2) is 7.69. The number of hydrogen-bond acceptors (Lipinski definition) is 2. The van der Waals surface area contributed by atoms with E-state index in [-0.39, 0.29) is 24.0 Å². The van der Waals surface area contributed by atoms with E-state index in [0.717, 1.165) is 36.9 Å². The van der Waals surface area contributed by atoms with Gasteiger partial charge in [-0.1, -0.05) is 37.5 Å². The maximum absolute atomic E-state index is 12.6. The van der Waals surface area contributed by atoms with E-state index in [2.05, 4.69) is 10.6 Å². The SMILES string of the molecule is Cc1ccccc1NC(=O)[C@H]1CCCN1C(=O)NC1CCCCC1. The van der Waals surface area contributed by atoms with Crippen LogP contribution in [0.4, 0.5) is 10.5 Å². The van der Waals surface area contributed by atoms with Crippen molar-refractivity contribution < 1.29 is 9.59 Å². The number of anilines is 1. The van der Waals surface area contributed by atoms with Crippen molar-refractivity contribution in [3.8, 4) is 0 Å². The molecule has 0 aromatic heterocycles.